The van der Waals surface area contributed by atoms with Crippen molar-refractivity contribution < 1.29 is 23.6 Å². The second kappa shape index (κ2) is 5.53. The molecule has 2 heterocycles. The van der Waals surface area contributed by atoms with Crippen LogP contribution in [0.5, 0.6) is 5.75 Å². The molecule has 6 nitrogen and oxygen atoms in total. The molecule has 2 aromatic rings. The zero-order valence-electron chi connectivity index (χ0n) is 14.9. The minimum Gasteiger partial charge on any atom is -0.497 e. The molecule has 0 radical (unpaired) electrons. The smallest absolute Gasteiger partial charge is 0.495 e. The van der Waals surface area contributed by atoms with Crippen molar-refractivity contribution in [2.24, 2.45) is 0 Å². The van der Waals surface area contributed by atoms with Gasteiger partial charge in [-0.2, -0.15) is 0 Å². The molecule has 128 valence electrons. The SMILES string of the molecule is COC(=O)c1cc2c(B3OC(C)(C)C(C)(C)O3)cc(OC)cc2[nH]1. The van der Waals surface area contributed by atoms with E-state index in [0.29, 0.717) is 11.4 Å². The molecular weight excluding hydrogens is 309 g/mol. The molecule has 24 heavy (non-hydrogen) atoms. The monoisotopic (exact) mass is 331 g/mol. The Kier molecular flexibility index (Phi) is 3.88. The summed E-state index contributed by atoms with van der Waals surface area (Å²) in [7, 11) is 2.40. The van der Waals surface area contributed by atoms with Crippen LogP contribution >= 0.6 is 0 Å². The maximum Gasteiger partial charge on any atom is 0.495 e. The summed E-state index contributed by atoms with van der Waals surface area (Å²) in [6, 6.07) is 5.46. The highest BCUT2D eigenvalue weighted by Gasteiger charge is 2.52. The lowest BCUT2D eigenvalue weighted by Gasteiger charge is -2.32. The minimum absolute atomic E-state index is 0.374. The number of methoxy groups -OCH3 is 2. The van der Waals surface area contributed by atoms with E-state index < -0.39 is 24.3 Å². The molecule has 7 heteroatoms. The van der Waals surface area contributed by atoms with Crippen LogP contribution in [0.2, 0.25) is 0 Å². The van der Waals surface area contributed by atoms with E-state index in [1.807, 2.05) is 39.8 Å². The Morgan fingerprint density at radius 2 is 1.71 bits per heavy atom. The summed E-state index contributed by atoms with van der Waals surface area (Å²) in [6.45, 7) is 8.01. The van der Waals surface area contributed by atoms with E-state index in [1.165, 1.54) is 7.11 Å². The fraction of sp³-hybridized carbons (Fsp3) is 0.471. The molecule has 1 N–H and O–H groups in total. The number of benzene rings is 1. The first kappa shape index (κ1) is 16.9. The van der Waals surface area contributed by atoms with Gasteiger partial charge in [0.15, 0.2) is 0 Å². The predicted molar refractivity (Wildman–Crippen MR) is 91.9 cm³/mol. The third-order valence-electron chi connectivity index (χ3n) is 4.89. The van der Waals surface area contributed by atoms with Crippen molar-refractivity contribution in [3.05, 3.63) is 23.9 Å². The quantitative estimate of drug-likeness (QED) is 0.690. The molecule has 0 bridgehead atoms. The number of carbonyl (C=O) groups excluding carboxylic acids is 1. The predicted octanol–water partition coefficient (Wildman–Crippen LogP) is 2.26. The number of rotatable bonds is 3. The second-order valence-corrected chi connectivity index (χ2v) is 6.94. The number of carbonyl (C=O) groups is 1. The van der Waals surface area contributed by atoms with Crippen molar-refractivity contribution in [1.82, 2.24) is 4.98 Å². The fourth-order valence-electron chi connectivity index (χ4n) is 2.74. The molecule has 1 aromatic carbocycles. The molecule has 0 unspecified atom stereocenters. The van der Waals surface area contributed by atoms with Crippen molar-refractivity contribution >= 4 is 29.5 Å². The van der Waals surface area contributed by atoms with Crippen LogP contribution in [0.3, 0.4) is 0 Å². The van der Waals surface area contributed by atoms with Gasteiger partial charge in [-0.15, -0.1) is 0 Å². The van der Waals surface area contributed by atoms with Crippen molar-refractivity contribution in [3.63, 3.8) is 0 Å². The number of nitrogens with one attached hydrogen (secondary N) is 1. The molecule has 0 spiro atoms. The van der Waals surface area contributed by atoms with Crippen molar-refractivity contribution in [2.45, 2.75) is 38.9 Å². The van der Waals surface area contributed by atoms with E-state index in [0.717, 1.165) is 16.4 Å². The minimum atomic E-state index is -0.547. The number of ether oxygens (including phenoxy) is 2. The van der Waals surface area contributed by atoms with Gasteiger partial charge < -0.3 is 23.8 Å². The lowest BCUT2D eigenvalue weighted by molar-refractivity contribution is 0.00578. The molecule has 0 saturated carbocycles. The summed E-state index contributed by atoms with van der Waals surface area (Å²) >= 11 is 0. The van der Waals surface area contributed by atoms with Gasteiger partial charge in [0, 0.05) is 17.0 Å². The first-order chi connectivity index (χ1) is 11.2. The summed E-state index contributed by atoms with van der Waals surface area (Å²) in [5.41, 5.74) is 1.05. The fourth-order valence-corrected chi connectivity index (χ4v) is 2.74. The average Bonchev–Trinajstić information content (AvgIpc) is 3.03. The van der Waals surface area contributed by atoms with E-state index in [-0.39, 0.29) is 0 Å². The van der Waals surface area contributed by atoms with Crippen LogP contribution in [0.25, 0.3) is 10.9 Å². The third kappa shape index (κ3) is 2.57. The molecule has 1 aromatic heterocycles. The van der Waals surface area contributed by atoms with E-state index in [9.17, 15) is 4.79 Å². The van der Waals surface area contributed by atoms with Crippen molar-refractivity contribution in [3.8, 4) is 5.75 Å². The Hall–Kier alpha value is -1.99. The van der Waals surface area contributed by atoms with Crippen LogP contribution in [0.1, 0.15) is 38.2 Å². The summed E-state index contributed by atoms with van der Waals surface area (Å²) in [5.74, 6) is 0.232. The number of fused-ring (bicyclic) bond motifs is 1. The molecule has 0 atom stereocenters. The van der Waals surface area contributed by atoms with E-state index in [4.69, 9.17) is 18.8 Å². The van der Waals surface area contributed by atoms with Gasteiger partial charge >= 0.3 is 13.1 Å². The number of esters is 1. The largest absolute Gasteiger partial charge is 0.497 e. The highest BCUT2D eigenvalue weighted by Crippen LogP contribution is 2.37. The first-order valence-electron chi connectivity index (χ1n) is 7.83. The van der Waals surface area contributed by atoms with E-state index in [1.54, 1.807) is 13.2 Å². The topological polar surface area (TPSA) is 69.8 Å². The van der Waals surface area contributed by atoms with Gasteiger partial charge in [0.1, 0.15) is 11.4 Å². The van der Waals surface area contributed by atoms with Crippen LogP contribution < -0.4 is 10.2 Å². The highest BCUT2D eigenvalue weighted by atomic mass is 16.7. The molecule has 1 aliphatic rings. The molecule has 1 aliphatic heterocycles. The summed E-state index contributed by atoms with van der Waals surface area (Å²) in [6.07, 6.45) is 0. The number of aromatic amines is 1. The maximum absolute atomic E-state index is 11.8. The van der Waals surface area contributed by atoms with E-state index >= 15 is 0 Å². The normalized spacial score (nSPS) is 18.8. The Morgan fingerprint density at radius 1 is 1.08 bits per heavy atom. The van der Waals surface area contributed by atoms with Crippen LogP contribution in [0, 0.1) is 0 Å². The Morgan fingerprint density at radius 3 is 2.25 bits per heavy atom. The van der Waals surface area contributed by atoms with Gasteiger partial charge in [-0.25, -0.2) is 4.79 Å². The third-order valence-corrected chi connectivity index (χ3v) is 4.89. The summed E-state index contributed by atoms with van der Waals surface area (Å²) in [5, 5.41) is 0.842. The molecule has 3 rings (SSSR count). The van der Waals surface area contributed by atoms with Crippen molar-refractivity contribution in [1.29, 1.82) is 0 Å². The van der Waals surface area contributed by atoms with Gasteiger partial charge in [0.25, 0.3) is 0 Å². The zero-order chi connectivity index (χ0) is 17.7. The van der Waals surface area contributed by atoms with Crippen LogP contribution in [-0.4, -0.2) is 43.5 Å². The highest BCUT2D eigenvalue weighted by molar-refractivity contribution is 6.65. The van der Waals surface area contributed by atoms with Gasteiger partial charge in [-0.3, -0.25) is 0 Å². The Labute approximate surface area is 141 Å². The number of H-pyrrole nitrogens is 1. The summed E-state index contributed by atoms with van der Waals surface area (Å²) in [4.78, 5) is 14.9. The maximum atomic E-state index is 11.8. The molecular formula is C17H22BNO5. The Bertz CT molecular complexity index is 780. The second-order valence-electron chi connectivity index (χ2n) is 6.94. The number of hydrogen-bond donors (Lipinski definition) is 1. The van der Waals surface area contributed by atoms with Gasteiger partial charge in [-0.1, -0.05) is 0 Å². The van der Waals surface area contributed by atoms with E-state index in [2.05, 4.69) is 4.98 Å². The lowest BCUT2D eigenvalue weighted by Crippen LogP contribution is -2.41. The zero-order valence-corrected chi connectivity index (χ0v) is 14.9. The van der Waals surface area contributed by atoms with Crippen LogP contribution in [0.15, 0.2) is 18.2 Å². The van der Waals surface area contributed by atoms with Crippen LogP contribution in [0.4, 0.5) is 0 Å². The summed E-state index contributed by atoms with van der Waals surface area (Å²) < 4.78 is 22.5. The molecule has 1 saturated heterocycles. The Balaban J connectivity index is 2.13. The van der Waals surface area contributed by atoms with Gasteiger partial charge in [0.05, 0.1) is 25.4 Å². The van der Waals surface area contributed by atoms with Crippen molar-refractivity contribution in [2.75, 3.05) is 14.2 Å². The number of hydrogen-bond acceptors (Lipinski definition) is 5. The van der Waals surface area contributed by atoms with Gasteiger partial charge in [-0.05, 0) is 45.3 Å². The van der Waals surface area contributed by atoms with Gasteiger partial charge in [0.2, 0.25) is 0 Å². The molecule has 0 aliphatic carbocycles. The molecule has 1 fully saturated rings. The lowest BCUT2D eigenvalue weighted by atomic mass is 9.77. The van der Waals surface area contributed by atoms with Crippen LogP contribution in [-0.2, 0) is 14.0 Å². The first-order valence-corrected chi connectivity index (χ1v) is 7.83. The number of aromatic nitrogens is 1. The average molecular weight is 331 g/mol. The molecule has 0 amide bonds. The standard InChI is InChI=1S/C17H22BNO5/c1-16(2)17(3,4)24-18(23-16)12-7-10(21-5)8-13-11(12)9-14(19-13)15(20)22-6/h7-9,19H,1-6H3.